The maximum atomic E-state index is 12.1. The summed E-state index contributed by atoms with van der Waals surface area (Å²) < 4.78 is 5.22. The number of amides is 1. The Hall–Kier alpha value is -2.12. The normalized spacial score (nSPS) is 17.4. The standard InChI is InChI=1S/C22H37N5O2/c1-5-23-22(25-17-20-10-7-13-27(20)14-15-29-4)24-12-11-18-8-6-9-19(16-18)21(28)26(2)3/h6,8-9,16,20H,5,7,10-15,17H2,1-4H3,(H2,23,24,25). The zero-order valence-electron chi connectivity index (χ0n) is 18.4. The molecule has 1 aromatic carbocycles. The summed E-state index contributed by atoms with van der Waals surface area (Å²) in [7, 11) is 5.30. The van der Waals surface area contributed by atoms with Crippen molar-refractivity contribution in [3.63, 3.8) is 0 Å². The summed E-state index contributed by atoms with van der Waals surface area (Å²) >= 11 is 0. The molecule has 0 aromatic heterocycles. The Labute approximate surface area is 175 Å². The highest BCUT2D eigenvalue weighted by molar-refractivity contribution is 5.94. The predicted molar refractivity (Wildman–Crippen MR) is 119 cm³/mol. The van der Waals surface area contributed by atoms with Crippen LogP contribution in [-0.4, -0.2) is 88.2 Å². The quantitative estimate of drug-likeness (QED) is 0.459. The number of benzene rings is 1. The molecule has 162 valence electrons. The first kappa shape index (κ1) is 23.2. The molecule has 1 aliphatic rings. The van der Waals surface area contributed by atoms with Gasteiger partial charge < -0.3 is 20.3 Å². The van der Waals surface area contributed by atoms with Gasteiger partial charge in [-0.3, -0.25) is 14.7 Å². The van der Waals surface area contributed by atoms with Crippen LogP contribution < -0.4 is 10.6 Å². The van der Waals surface area contributed by atoms with E-state index >= 15 is 0 Å². The summed E-state index contributed by atoms with van der Waals surface area (Å²) in [5.74, 6) is 0.885. The molecule has 1 amide bonds. The van der Waals surface area contributed by atoms with Crippen LogP contribution in [0.25, 0.3) is 0 Å². The van der Waals surface area contributed by atoms with Crippen molar-refractivity contribution in [2.45, 2.75) is 32.2 Å². The van der Waals surface area contributed by atoms with Gasteiger partial charge in [-0.2, -0.15) is 0 Å². The van der Waals surface area contributed by atoms with Crippen LogP contribution in [0.4, 0.5) is 0 Å². The minimum atomic E-state index is 0.0318. The van der Waals surface area contributed by atoms with Crippen molar-refractivity contribution in [1.29, 1.82) is 0 Å². The third-order valence-corrected chi connectivity index (χ3v) is 5.17. The van der Waals surface area contributed by atoms with Crippen molar-refractivity contribution < 1.29 is 9.53 Å². The minimum Gasteiger partial charge on any atom is -0.383 e. The Morgan fingerprint density at radius 1 is 1.34 bits per heavy atom. The Kier molecular flexibility index (Phi) is 9.94. The number of carbonyl (C=O) groups is 1. The van der Waals surface area contributed by atoms with Crippen LogP contribution in [0.15, 0.2) is 29.3 Å². The number of hydrogen-bond donors (Lipinski definition) is 2. The number of nitrogens with zero attached hydrogens (tertiary/aromatic N) is 3. The van der Waals surface area contributed by atoms with E-state index in [0.717, 1.165) is 62.8 Å². The number of rotatable bonds is 10. The van der Waals surface area contributed by atoms with Gasteiger partial charge in [-0.1, -0.05) is 12.1 Å². The summed E-state index contributed by atoms with van der Waals surface area (Å²) in [4.78, 5) is 21.0. The number of nitrogens with one attached hydrogen (secondary N) is 2. The number of hydrogen-bond acceptors (Lipinski definition) is 4. The van der Waals surface area contributed by atoms with E-state index in [0.29, 0.717) is 6.04 Å². The molecule has 1 fully saturated rings. The molecule has 1 unspecified atom stereocenters. The second-order valence-electron chi connectivity index (χ2n) is 7.62. The lowest BCUT2D eigenvalue weighted by Gasteiger charge is -2.23. The van der Waals surface area contributed by atoms with E-state index in [9.17, 15) is 4.79 Å². The zero-order chi connectivity index (χ0) is 21.1. The van der Waals surface area contributed by atoms with Crippen molar-refractivity contribution in [2.75, 3.05) is 60.5 Å². The fourth-order valence-electron chi connectivity index (χ4n) is 3.59. The molecule has 0 aliphatic carbocycles. The van der Waals surface area contributed by atoms with Gasteiger partial charge in [-0.05, 0) is 50.4 Å². The van der Waals surface area contributed by atoms with E-state index in [1.807, 2.05) is 18.2 Å². The maximum Gasteiger partial charge on any atom is 0.253 e. The first-order valence-corrected chi connectivity index (χ1v) is 10.6. The van der Waals surface area contributed by atoms with E-state index in [-0.39, 0.29) is 5.91 Å². The molecule has 1 saturated heterocycles. The number of likely N-dealkylation sites (tertiary alicyclic amines) is 1. The smallest absolute Gasteiger partial charge is 0.253 e. The third kappa shape index (κ3) is 7.66. The summed E-state index contributed by atoms with van der Waals surface area (Å²) in [5.41, 5.74) is 1.87. The largest absolute Gasteiger partial charge is 0.383 e. The Morgan fingerprint density at radius 2 is 2.17 bits per heavy atom. The third-order valence-electron chi connectivity index (χ3n) is 5.17. The lowest BCUT2D eigenvalue weighted by Crippen LogP contribution is -2.40. The van der Waals surface area contributed by atoms with Gasteiger partial charge >= 0.3 is 0 Å². The van der Waals surface area contributed by atoms with Crippen LogP contribution in [0.2, 0.25) is 0 Å². The van der Waals surface area contributed by atoms with Gasteiger partial charge in [0.15, 0.2) is 5.96 Å². The molecular weight excluding hydrogens is 366 g/mol. The molecule has 1 heterocycles. The summed E-state index contributed by atoms with van der Waals surface area (Å²) in [5, 5.41) is 6.75. The average Bonchev–Trinajstić information content (AvgIpc) is 3.17. The molecule has 1 aromatic rings. The van der Waals surface area contributed by atoms with Crippen LogP contribution in [0, 0.1) is 0 Å². The van der Waals surface area contributed by atoms with Crippen molar-refractivity contribution in [3.8, 4) is 0 Å². The van der Waals surface area contributed by atoms with Crippen molar-refractivity contribution >= 4 is 11.9 Å². The molecule has 2 rings (SSSR count). The Bertz CT molecular complexity index is 662. The van der Waals surface area contributed by atoms with E-state index in [1.54, 1.807) is 26.1 Å². The lowest BCUT2D eigenvalue weighted by atomic mass is 10.1. The Morgan fingerprint density at radius 3 is 2.90 bits per heavy atom. The monoisotopic (exact) mass is 403 g/mol. The topological polar surface area (TPSA) is 69.2 Å². The molecular formula is C22H37N5O2. The van der Waals surface area contributed by atoms with E-state index in [2.05, 4.69) is 28.5 Å². The molecule has 1 atom stereocenters. The number of methoxy groups -OCH3 is 1. The number of carbonyl (C=O) groups excluding carboxylic acids is 1. The molecule has 7 heteroatoms. The highest BCUT2D eigenvalue weighted by Gasteiger charge is 2.23. The second kappa shape index (κ2) is 12.4. The van der Waals surface area contributed by atoms with E-state index in [1.165, 1.54) is 12.8 Å². The highest BCUT2D eigenvalue weighted by atomic mass is 16.5. The van der Waals surface area contributed by atoms with E-state index < -0.39 is 0 Å². The first-order valence-electron chi connectivity index (χ1n) is 10.6. The fraction of sp³-hybridized carbons (Fsp3) is 0.636. The molecule has 0 radical (unpaired) electrons. The van der Waals surface area contributed by atoms with Gasteiger partial charge in [0.25, 0.3) is 5.91 Å². The number of aliphatic imine (C=N–C) groups is 1. The van der Waals surface area contributed by atoms with Crippen LogP contribution >= 0.6 is 0 Å². The SMILES string of the molecule is CCNC(=NCC1CCCN1CCOC)NCCc1cccc(C(=O)N(C)C)c1. The van der Waals surface area contributed by atoms with Gasteiger partial charge in [-0.25, -0.2) is 0 Å². The first-order chi connectivity index (χ1) is 14.0. The molecule has 0 bridgehead atoms. The van der Waals surface area contributed by atoms with Crippen molar-refractivity contribution in [1.82, 2.24) is 20.4 Å². The van der Waals surface area contributed by atoms with Crippen LogP contribution in [-0.2, 0) is 11.2 Å². The molecule has 2 N–H and O–H groups in total. The van der Waals surface area contributed by atoms with Gasteiger partial charge in [-0.15, -0.1) is 0 Å². The fourth-order valence-corrected chi connectivity index (χ4v) is 3.59. The van der Waals surface area contributed by atoms with Gasteiger partial charge in [0.2, 0.25) is 0 Å². The molecule has 0 spiro atoms. The van der Waals surface area contributed by atoms with Crippen molar-refractivity contribution in [2.24, 2.45) is 4.99 Å². The Balaban J connectivity index is 1.86. The maximum absolute atomic E-state index is 12.1. The van der Waals surface area contributed by atoms with Crippen molar-refractivity contribution in [3.05, 3.63) is 35.4 Å². The molecule has 29 heavy (non-hydrogen) atoms. The van der Waals surface area contributed by atoms with Crippen LogP contribution in [0.5, 0.6) is 0 Å². The van der Waals surface area contributed by atoms with Gasteiger partial charge in [0.1, 0.15) is 0 Å². The highest BCUT2D eigenvalue weighted by Crippen LogP contribution is 2.16. The van der Waals surface area contributed by atoms with Gasteiger partial charge in [0, 0.05) is 52.4 Å². The zero-order valence-corrected chi connectivity index (χ0v) is 18.4. The second-order valence-corrected chi connectivity index (χ2v) is 7.62. The molecule has 7 nitrogen and oxygen atoms in total. The minimum absolute atomic E-state index is 0.0318. The predicted octanol–water partition coefficient (Wildman–Crippen LogP) is 1.60. The molecule has 0 saturated carbocycles. The van der Waals surface area contributed by atoms with Crippen LogP contribution in [0.3, 0.4) is 0 Å². The van der Waals surface area contributed by atoms with Crippen LogP contribution in [0.1, 0.15) is 35.7 Å². The average molecular weight is 404 g/mol. The number of ether oxygens (including phenoxy) is 1. The molecule has 1 aliphatic heterocycles. The van der Waals surface area contributed by atoms with E-state index in [4.69, 9.17) is 9.73 Å². The van der Waals surface area contributed by atoms with Gasteiger partial charge in [0.05, 0.1) is 13.2 Å². The summed E-state index contributed by atoms with van der Waals surface area (Å²) in [6, 6.07) is 8.33. The summed E-state index contributed by atoms with van der Waals surface area (Å²) in [6.07, 6.45) is 3.26. The number of guanidine groups is 1. The lowest BCUT2D eigenvalue weighted by molar-refractivity contribution is 0.0827. The summed E-state index contributed by atoms with van der Waals surface area (Å²) in [6.45, 7) is 7.35.